The molecular weight excluding hydrogens is 264 g/mol. The van der Waals surface area contributed by atoms with E-state index in [9.17, 15) is 9.59 Å². The molecule has 21 heavy (non-hydrogen) atoms. The number of rotatable bonds is 7. The molecule has 0 radical (unpaired) electrons. The summed E-state index contributed by atoms with van der Waals surface area (Å²) in [5, 5.41) is 0. The van der Waals surface area contributed by atoms with Crippen LogP contribution in [0.2, 0.25) is 0 Å². The second-order valence-electron chi connectivity index (χ2n) is 4.69. The van der Waals surface area contributed by atoms with Crippen LogP contribution in [0.25, 0.3) is 0 Å². The van der Waals surface area contributed by atoms with Crippen molar-refractivity contribution < 1.29 is 14.3 Å². The van der Waals surface area contributed by atoms with Gasteiger partial charge in [0.05, 0.1) is 6.61 Å². The highest BCUT2D eigenvalue weighted by Gasteiger charge is 2.06. The highest BCUT2D eigenvalue weighted by atomic mass is 16.5. The first kappa shape index (κ1) is 15.0. The Balaban J connectivity index is 1.84. The van der Waals surface area contributed by atoms with Crippen molar-refractivity contribution in [2.45, 2.75) is 19.8 Å². The molecule has 0 aromatic heterocycles. The second-order valence-corrected chi connectivity index (χ2v) is 4.69. The molecular formula is C18H18O3. The van der Waals surface area contributed by atoms with Crippen LogP contribution in [0.15, 0.2) is 54.6 Å². The fraction of sp³-hybridized carbons (Fsp3) is 0.222. The number of benzene rings is 2. The zero-order valence-corrected chi connectivity index (χ0v) is 12.0. The smallest absolute Gasteiger partial charge is 0.166 e. The third kappa shape index (κ3) is 4.28. The highest BCUT2D eigenvalue weighted by Crippen LogP contribution is 2.14. The minimum atomic E-state index is 0.0633. The van der Waals surface area contributed by atoms with Crippen molar-refractivity contribution in [2.24, 2.45) is 0 Å². The summed E-state index contributed by atoms with van der Waals surface area (Å²) in [5.41, 5.74) is 1.38. The molecule has 0 saturated carbocycles. The van der Waals surface area contributed by atoms with Gasteiger partial charge in [-0.2, -0.15) is 0 Å². The first-order valence-corrected chi connectivity index (χ1v) is 7.05. The van der Waals surface area contributed by atoms with Gasteiger partial charge in [0.25, 0.3) is 0 Å². The van der Waals surface area contributed by atoms with E-state index in [1.807, 2.05) is 25.1 Å². The van der Waals surface area contributed by atoms with Gasteiger partial charge in [-0.25, -0.2) is 0 Å². The van der Waals surface area contributed by atoms with Crippen molar-refractivity contribution in [3.63, 3.8) is 0 Å². The molecule has 0 atom stereocenters. The van der Waals surface area contributed by atoms with Crippen molar-refractivity contribution in [3.05, 3.63) is 65.7 Å². The van der Waals surface area contributed by atoms with Gasteiger partial charge in [-0.3, -0.25) is 9.59 Å². The molecule has 0 fully saturated rings. The normalized spacial score (nSPS) is 10.1. The molecule has 0 unspecified atom stereocenters. The number of ketones is 2. The number of carbonyl (C=O) groups excluding carboxylic acids is 2. The lowest BCUT2D eigenvalue weighted by molar-refractivity contribution is 0.0960. The van der Waals surface area contributed by atoms with Gasteiger partial charge >= 0.3 is 0 Å². The Hall–Kier alpha value is -2.42. The van der Waals surface area contributed by atoms with Crippen molar-refractivity contribution in [1.82, 2.24) is 0 Å². The van der Waals surface area contributed by atoms with Gasteiger partial charge in [0.2, 0.25) is 0 Å². The van der Waals surface area contributed by atoms with Gasteiger partial charge in [0.15, 0.2) is 11.6 Å². The van der Waals surface area contributed by atoms with Crippen LogP contribution in [0.4, 0.5) is 0 Å². The largest absolute Gasteiger partial charge is 0.493 e. The summed E-state index contributed by atoms with van der Waals surface area (Å²) in [5.74, 6) is 0.845. The van der Waals surface area contributed by atoms with Crippen LogP contribution >= 0.6 is 0 Å². The fourth-order valence-electron chi connectivity index (χ4n) is 1.97. The highest BCUT2D eigenvalue weighted by molar-refractivity contribution is 5.96. The van der Waals surface area contributed by atoms with Gasteiger partial charge in [-0.1, -0.05) is 37.3 Å². The topological polar surface area (TPSA) is 43.4 Å². The van der Waals surface area contributed by atoms with Crippen LogP contribution in [0.1, 0.15) is 40.5 Å². The maximum absolute atomic E-state index is 11.9. The summed E-state index contributed by atoms with van der Waals surface area (Å²) in [6.07, 6.45) is 0.825. The van der Waals surface area contributed by atoms with E-state index in [1.54, 1.807) is 36.4 Å². The predicted octanol–water partition coefficient (Wildman–Crippen LogP) is 3.93. The van der Waals surface area contributed by atoms with Crippen LogP contribution in [-0.2, 0) is 0 Å². The van der Waals surface area contributed by atoms with Gasteiger partial charge in [0.1, 0.15) is 5.75 Å². The van der Waals surface area contributed by atoms with E-state index < -0.39 is 0 Å². The van der Waals surface area contributed by atoms with E-state index in [0.29, 0.717) is 36.3 Å². The Morgan fingerprint density at radius 1 is 0.857 bits per heavy atom. The molecule has 0 aliphatic carbocycles. The molecule has 2 rings (SSSR count). The van der Waals surface area contributed by atoms with Crippen LogP contribution in [-0.4, -0.2) is 18.2 Å². The fourth-order valence-corrected chi connectivity index (χ4v) is 1.97. The summed E-state index contributed by atoms with van der Waals surface area (Å²) in [6.45, 7) is 2.16. The van der Waals surface area contributed by atoms with E-state index in [-0.39, 0.29) is 11.6 Å². The number of hydrogen-bond donors (Lipinski definition) is 0. The molecule has 0 saturated heterocycles. The zero-order chi connectivity index (χ0) is 15.1. The number of carbonyl (C=O) groups is 2. The minimum absolute atomic E-state index is 0.0633. The lowest BCUT2D eigenvalue weighted by Crippen LogP contribution is -2.06. The summed E-state index contributed by atoms with van der Waals surface area (Å²) >= 11 is 0. The van der Waals surface area contributed by atoms with Gasteiger partial charge in [0, 0.05) is 24.0 Å². The third-order valence-corrected chi connectivity index (χ3v) is 3.19. The lowest BCUT2D eigenvalue weighted by atomic mass is 10.1. The first-order chi connectivity index (χ1) is 10.2. The zero-order valence-electron chi connectivity index (χ0n) is 12.0. The molecule has 0 spiro atoms. The Kier molecular flexibility index (Phi) is 5.27. The quantitative estimate of drug-likeness (QED) is 0.723. The van der Waals surface area contributed by atoms with Crippen molar-refractivity contribution in [2.75, 3.05) is 6.61 Å². The number of ether oxygens (including phenoxy) is 1. The van der Waals surface area contributed by atoms with Crippen molar-refractivity contribution in [1.29, 1.82) is 0 Å². The summed E-state index contributed by atoms with van der Waals surface area (Å²) < 4.78 is 5.53. The molecule has 0 bridgehead atoms. The van der Waals surface area contributed by atoms with Crippen LogP contribution < -0.4 is 4.74 Å². The van der Waals surface area contributed by atoms with Crippen LogP contribution in [0.3, 0.4) is 0 Å². The maximum atomic E-state index is 11.9. The Bertz CT molecular complexity index is 600. The minimum Gasteiger partial charge on any atom is -0.493 e. The number of hydrogen-bond acceptors (Lipinski definition) is 3. The molecule has 3 heteroatoms. The molecule has 0 aliphatic rings. The Morgan fingerprint density at radius 2 is 1.48 bits per heavy atom. The van der Waals surface area contributed by atoms with Gasteiger partial charge in [-0.05, 0) is 24.3 Å². The molecule has 0 amide bonds. The maximum Gasteiger partial charge on any atom is 0.166 e. The average molecular weight is 282 g/mol. The van der Waals surface area contributed by atoms with Crippen molar-refractivity contribution >= 4 is 11.6 Å². The van der Waals surface area contributed by atoms with E-state index in [1.165, 1.54) is 0 Å². The van der Waals surface area contributed by atoms with Gasteiger partial charge in [-0.15, -0.1) is 0 Å². The van der Waals surface area contributed by atoms with Gasteiger partial charge < -0.3 is 4.74 Å². The summed E-state index contributed by atoms with van der Waals surface area (Å²) in [4.78, 5) is 23.4. The Labute approximate surface area is 124 Å². The van der Waals surface area contributed by atoms with Crippen molar-refractivity contribution in [3.8, 4) is 5.75 Å². The Morgan fingerprint density at radius 3 is 2.10 bits per heavy atom. The molecule has 108 valence electrons. The molecule has 3 nitrogen and oxygen atoms in total. The molecule has 2 aromatic rings. The standard InChI is InChI=1S/C18H18O3/c1-2-17(19)15-8-10-16(11-9-15)21-13-12-18(20)14-6-4-3-5-7-14/h3-11H,2,12-13H2,1H3. The average Bonchev–Trinajstić information content (AvgIpc) is 2.55. The molecule has 0 heterocycles. The first-order valence-electron chi connectivity index (χ1n) is 7.05. The summed E-state index contributed by atoms with van der Waals surface area (Å²) in [7, 11) is 0. The third-order valence-electron chi connectivity index (χ3n) is 3.19. The van der Waals surface area contributed by atoms with Crippen LogP contribution in [0.5, 0.6) is 5.75 Å². The van der Waals surface area contributed by atoms with E-state index >= 15 is 0 Å². The van der Waals surface area contributed by atoms with E-state index in [4.69, 9.17) is 4.74 Å². The monoisotopic (exact) mass is 282 g/mol. The molecule has 0 N–H and O–H groups in total. The molecule has 0 aliphatic heterocycles. The van der Waals surface area contributed by atoms with Crippen LogP contribution in [0, 0.1) is 0 Å². The summed E-state index contributed by atoms with van der Waals surface area (Å²) in [6, 6.07) is 16.2. The van der Waals surface area contributed by atoms with E-state index in [2.05, 4.69) is 0 Å². The predicted molar refractivity (Wildman–Crippen MR) is 81.9 cm³/mol. The molecule has 2 aromatic carbocycles. The lowest BCUT2D eigenvalue weighted by Gasteiger charge is -2.06. The number of Topliss-reactive ketones (excluding diaryl/α,β-unsaturated/α-hetero) is 2. The SMILES string of the molecule is CCC(=O)c1ccc(OCCC(=O)c2ccccc2)cc1. The van der Waals surface area contributed by atoms with E-state index in [0.717, 1.165) is 0 Å². The second kappa shape index (κ2) is 7.39.